The minimum absolute atomic E-state index is 0.0474. The van der Waals surface area contributed by atoms with E-state index in [1.165, 1.54) is 18.0 Å². The maximum absolute atomic E-state index is 14.0. The van der Waals surface area contributed by atoms with Gasteiger partial charge in [-0.15, -0.1) is 21.5 Å². The third kappa shape index (κ3) is 6.28. The molecular weight excluding hydrogens is 625 g/mol. The van der Waals surface area contributed by atoms with Crippen molar-refractivity contribution in [2.24, 2.45) is 5.10 Å². The van der Waals surface area contributed by atoms with Crippen molar-refractivity contribution in [2.75, 3.05) is 20.0 Å². The Morgan fingerprint density at radius 2 is 1.93 bits per heavy atom. The second-order valence-electron chi connectivity index (χ2n) is 10.5. The summed E-state index contributed by atoms with van der Waals surface area (Å²) < 4.78 is 18.4. The third-order valence-electron chi connectivity index (χ3n) is 7.55. The van der Waals surface area contributed by atoms with Crippen LogP contribution in [0.3, 0.4) is 0 Å². The average molecular weight is 657 g/mol. The number of thioether (sulfide) groups is 1. The van der Waals surface area contributed by atoms with Gasteiger partial charge in [0.15, 0.2) is 28.2 Å². The van der Waals surface area contributed by atoms with Gasteiger partial charge in [-0.25, -0.2) is 5.01 Å². The monoisotopic (exact) mass is 656 g/mol. The van der Waals surface area contributed by atoms with Gasteiger partial charge in [-0.2, -0.15) is 5.10 Å². The summed E-state index contributed by atoms with van der Waals surface area (Å²) in [5, 5.41) is 20.6. The Morgan fingerprint density at radius 3 is 2.67 bits per heavy atom. The lowest BCUT2D eigenvalue weighted by Crippen LogP contribution is -2.29. The van der Waals surface area contributed by atoms with E-state index >= 15 is 0 Å². The number of methoxy groups -OCH3 is 2. The van der Waals surface area contributed by atoms with Crippen LogP contribution in [0.5, 0.6) is 11.5 Å². The molecule has 0 aliphatic carbocycles. The van der Waals surface area contributed by atoms with Crippen LogP contribution < -0.4 is 14.8 Å². The Morgan fingerprint density at radius 1 is 1.07 bits per heavy atom. The first-order valence-corrected chi connectivity index (χ1v) is 16.3. The van der Waals surface area contributed by atoms with E-state index in [9.17, 15) is 9.59 Å². The second-order valence-corrected chi connectivity index (χ2v) is 12.4. The molecule has 1 atom stereocenters. The molecular formula is C33H32N6O5S2. The average Bonchev–Trinajstić information content (AvgIpc) is 3.90. The summed E-state index contributed by atoms with van der Waals surface area (Å²) >= 11 is 2.84. The lowest BCUT2D eigenvalue weighted by molar-refractivity contribution is -0.130. The van der Waals surface area contributed by atoms with Crippen LogP contribution in [0.4, 0.5) is 0 Å². The van der Waals surface area contributed by atoms with Gasteiger partial charge in [0, 0.05) is 12.0 Å². The van der Waals surface area contributed by atoms with E-state index in [4.69, 9.17) is 19.0 Å². The van der Waals surface area contributed by atoms with E-state index in [-0.39, 0.29) is 35.9 Å². The first kappa shape index (κ1) is 31.1. The number of furan rings is 1. The van der Waals surface area contributed by atoms with Gasteiger partial charge in [0.2, 0.25) is 0 Å². The molecule has 1 aliphatic heterocycles. The van der Waals surface area contributed by atoms with Gasteiger partial charge >= 0.3 is 0 Å². The number of carbonyl (C=O) groups excluding carboxylic acids is 2. The molecule has 236 valence electrons. The highest BCUT2D eigenvalue weighted by Gasteiger charge is 2.36. The summed E-state index contributed by atoms with van der Waals surface area (Å²) in [6, 6.07) is 18.6. The van der Waals surface area contributed by atoms with E-state index < -0.39 is 0 Å². The number of thiophene rings is 1. The first-order chi connectivity index (χ1) is 22.4. The molecule has 2 aromatic carbocycles. The van der Waals surface area contributed by atoms with Crippen molar-refractivity contribution in [3.8, 4) is 17.2 Å². The number of rotatable bonds is 11. The largest absolute Gasteiger partial charge is 0.493 e. The van der Waals surface area contributed by atoms with Crippen LogP contribution in [0.25, 0.3) is 5.69 Å². The molecule has 0 unspecified atom stereocenters. The molecule has 0 saturated heterocycles. The minimum atomic E-state index is -0.389. The van der Waals surface area contributed by atoms with Crippen molar-refractivity contribution < 1.29 is 23.5 Å². The second kappa shape index (κ2) is 13.6. The van der Waals surface area contributed by atoms with Crippen LogP contribution in [0, 0.1) is 13.8 Å². The topological polar surface area (TPSA) is 124 Å². The number of carbonyl (C=O) groups is 2. The van der Waals surface area contributed by atoms with Gasteiger partial charge in [-0.1, -0.05) is 42.1 Å². The van der Waals surface area contributed by atoms with Crippen molar-refractivity contribution in [3.05, 3.63) is 105 Å². The molecule has 1 N–H and O–H groups in total. The van der Waals surface area contributed by atoms with E-state index in [0.29, 0.717) is 28.9 Å². The van der Waals surface area contributed by atoms with Gasteiger partial charge in [0.05, 0.1) is 55.1 Å². The Hall–Kier alpha value is -4.88. The number of nitrogens with zero attached hydrogens (tertiary/aromatic N) is 5. The Kier molecular flexibility index (Phi) is 9.22. The number of ether oxygens (including phenoxy) is 2. The quantitative estimate of drug-likeness (QED) is 0.173. The molecule has 0 bridgehead atoms. The predicted octanol–water partition coefficient (Wildman–Crippen LogP) is 5.96. The molecule has 13 heteroatoms. The number of amides is 2. The molecule has 0 saturated carbocycles. The van der Waals surface area contributed by atoms with Crippen molar-refractivity contribution in [1.29, 1.82) is 0 Å². The summed E-state index contributed by atoms with van der Waals surface area (Å²) in [6.07, 6.45) is 1.97. The summed E-state index contributed by atoms with van der Waals surface area (Å²) in [5.74, 6) is 1.35. The highest BCUT2D eigenvalue weighted by molar-refractivity contribution is 7.99. The van der Waals surface area contributed by atoms with Crippen LogP contribution in [0.2, 0.25) is 0 Å². The number of nitrogens with one attached hydrogen (secondary N) is 1. The van der Waals surface area contributed by atoms with Gasteiger partial charge < -0.3 is 19.2 Å². The number of aryl methyl sites for hydroxylation is 2. The Balaban J connectivity index is 1.29. The van der Waals surface area contributed by atoms with Gasteiger partial charge in [0.1, 0.15) is 0 Å². The van der Waals surface area contributed by atoms with Crippen molar-refractivity contribution in [3.63, 3.8) is 0 Å². The molecule has 5 aromatic rings. The van der Waals surface area contributed by atoms with Crippen molar-refractivity contribution in [1.82, 2.24) is 25.1 Å². The van der Waals surface area contributed by atoms with Gasteiger partial charge in [-0.3, -0.25) is 14.2 Å². The third-order valence-corrected chi connectivity index (χ3v) is 9.38. The highest BCUT2D eigenvalue weighted by atomic mass is 32.2. The summed E-state index contributed by atoms with van der Waals surface area (Å²) in [4.78, 5) is 27.6. The lowest BCUT2D eigenvalue weighted by Gasteiger charge is -2.24. The molecule has 11 nitrogen and oxygen atoms in total. The number of benzene rings is 2. The number of aromatic nitrogens is 3. The van der Waals surface area contributed by atoms with Crippen molar-refractivity contribution in [2.45, 2.75) is 38.0 Å². The maximum Gasteiger partial charge on any atom is 0.287 e. The Labute approximate surface area is 274 Å². The lowest BCUT2D eigenvalue weighted by atomic mass is 9.99. The van der Waals surface area contributed by atoms with Gasteiger partial charge in [-0.05, 0) is 60.7 Å². The maximum atomic E-state index is 14.0. The minimum Gasteiger partial charge on any atom is -0.493 e. The zero-order valence-corrected chi connectivity index (χ0v) is 27.4. The zero-order valence-electron chi connectivity index (χ0n) is 25.7. The molecule has 1 aliphatic rings. The molecule has 2 amide bonds. The summed E-state index contributed by atoms with van der Waals surface area (Å²) in [7, 11) is 3.18. The SMILES string of the molecule is COc1cccc([C@@H]2CC(c3cccs3)=NN2C(=O)CSc2nnc(CNC(=O)c3ccco3)n2-c2cc(C)ccc2C)c1OC. The van der Waals surface area contributed by atoms with E-state index in [2.05, 4.69) is 15.5 Å². The van der Waals surface area contributed by atoms with Crippen molar-refractivity contribution >= 4 is 40.6 Å². The van der Waals surface area contributed by atoms with E-state index in [0.717, 1.165) is 33.0 Å². The Bertz CT molecular complexity index is 1880. The molecule has 4 heterocycles. The summed E-state index contributed by atoms with van der Waals surface area (Å²) in [5.41, 5.74) is 4.54. The first-order valence-electron chi connectivity index (χ1n) is 14.5. The number of hydrogen-bond acceptors (Lipinski definition) is 10. The highest BCUT2D eigenvalue weighted by Crippen LogP contribution is 2.42. The number of hydrogen-bond donors (Lipinski definition) is 1. The van der Waals surface area contributed by atoms with Gasteiger partial charge in [0.25, 0.3) is 11.8 Å². The molecule has 0 spiro atoms. The normalized spacial score (nSPS) is 14.3. The summed E-state index contributed by atoms with van der Waals surface area (Å²) in [6.45, 7) is 4.11. The van der Waals surface area contributed by atoms with Crippen LogP contribution >= 0.6 is 23.1 Å². The fourth-order valence-electron chi connectivity index (χ4n) is 5.31. The molecule has 46 heavy (non-hydrogen) atoms. The van der Waals surface area contributed by atoms with Crippen LogP contribution in [-0.2, 0) is 11.3 Å². The van der Waals surface area contributed by atoms with E-state index in [1.54, 1.807) is 42.7 Å². The van der Waals surface area contributed by atoms with E-state index in [1.807, 2.05) is 72.3 Å². The van der Waals surface area contributed by atoms with Crippen LogP contribution in [-0.4, -0.2) is 57.3 Å². The number of hydrazone groups is 1. The fraction of sp³-hybridized carbons (Fsp3) is 0.242. The fourth-order valence-corrected chi connectivity index (χ4v) is 6.84. The number of para-hydroxylation sites is 1. The molecule has 3 aromatic heterocycles. The molecule has 0 fully saturated rings. The molecule has 0 radical (unpaired) electrons. The standard InChI is InChI=1S/C33H32N6O5S2/c1-20-12-13-21(2)24(16-20)38-29(18-34-32(41)27-10-6-14-44-27)35-36-33(38)46-19-30(40)39-25(17-23(37-39)28-11-7-15-45-28)22-8-5-9-26(42-3)31(22)43-4/h5-16,25H,17-19H2,1-4H3,(H,34,41)/t25-/m0/s1. The smallest absolute Gasteiger partial charge is 0.287 e. The predicted molar refractivity (Wildman–Crippen MR) is 176 cm³/mol. The van der Waals surface area contributed by atoms with Crippen LogP contribution in [0.1, 0.15) is 50.4 Å². The van der Waals surface area contributed by atoms with Crippen LogP contribution in [0.15, 0.2) is 87.0 Å². The zero-order chi connectivity index (χ0) is 32.2. The molecule has 6 rings (SSSR count).